The fourth-order valence-corrected chi connectivity index (χ4v) is 2.38. The summed E-state index contributed by atoms with van der Waals surface area (Å²) >= 11 is 0. The molecule has 0 amide bonds. The molecule has 0 heterocycles. The Morgan fingerprint density at radius 1 is 1.47 bits per heavy atom. The van der Waals surface area contributed by atoms with Crippen molar-refractivity contribution in [3.05, 3.63) is 29.8 Å². The molecule has 0 saturated heterocycles. The van der Waals surface area contributed by atoms with Crippen molar-refractivity contribution < 1.29 is 9.84 Å². The van der Waals surface area contributed by atoms with Gasteiger partial charge >= 0.3 is 0 Å². The van der Waals surface area contributed by atoms with Gasteiger partial charge in [-0.2, -0.15) is 0 Å². The molecular formula is C14H21NO2. The highest BCUT2D eigenvalue weighted by Gasteiger charge is 2.30. The first-order chi connectivity index (χ1) is 8.22. The summed E-state index contributed by atoms with van der Waals surface area (Å²) in [6.45, 7) is 2.22. The molecule has 94 valence electrons. The second-order valence-corrected chi connectivity index (χ2v) is 4.89. The van der Waals surface area contributed by atoms with Crippen LogP contribution in [0.2, 0.25) is 0 Å². The van der Waals surface area contributed by atoms with Crippen molar-refractivity contribution in [1.82, 2.24) is 5.32 Å². The molecule has 1 fully saturated rings. The van der Waals surface area contributed by atoms with Crippen molar-refractivity contribution in [2.75, 3.05) is 13.7 Å². The normalized spacial score (nSPS) is 25.1. The van der Waals surface area contributed by atoms with Gasteiger partial charge < -0.3 is 15.2 Å². The number of ether oxygens (including phenoxy) is 1. The first-order valence-corrected chi connectivity index (χ1v) is 6.23. The predicted molar refractivity (Wildman–Crippen MR) is 68.4 cm³/mol. The molecule has 1 aliphatic carbocycles. The predicted octanol–water partition coefficient (Wildman–Crippen LogP) is 1.91. The number of methoxy groups -OCH3 is 1. The summed E-state index contributed by atoms with van der Waals surface area (Å²) in [5.74, 6) is 1.57. The first-order valence-electron chi connectivity index (χ1n) is 6.23. The van der Waals surface area contributed by atoms with Gasteiger partial charge in [0.15, 0.2) is 0 Å². The Balaban J connectivity index is 1.86. The molecule has 0 aromatic heterocycles. The zero-order valence-electron chi connectivity index (χ0n) is 10.5. The van der Waals surface area contributed by atoms with Crippen molar-refractivity contribution in [3.63, 3.8) is 0 Å². The van der Waals surface area contributed by atoms with Crippen molar-refractivity contribution in [1.29, 1.82) is 0 Å². The maximum atomic E-state index is 8.98. The summed E-state index contributed by atoms with van der Waals surface area (Å²) in [5.41, 5.74) is 1.36. The van der Waals surface area contributed by atoms with E-state index >= 15 is 0 Å². The SMILES string of the molecule is COc1cccc(C2CC(NC(C)CO)C2)c1. The Hall–Kier alpha value is -1.06. The largest absolute Gasteiger partial charge is 0.497 e. The molecule has 2 N–H and O–H groups in total. The third-order valence-corrected chi connectivity index (χ3v) is 3.50. The molecule has 3 nitrogen and oxygen atoms in total. The van der Waals surface area contributed by atoms with Gasteiger partial charge in [0.2, 0.25) is 0 Å². The maximum Gasteiger partial charge on any atom is 0.119 e. The van der Waals surface area contributed by atoms with Crippen molar-refractivity contribution >= 4 is 0 Å². The lowest BCUT2D eigenvalue weighted by Crippen LogP contribution is -2.45. The maximum absolute atomic E-state index is 8.98. The number of aliphatic hydroxyl groups is 1. The lowest BCUT2D eigenvalue weighted by molar-refractivity contribution is 0.204. The van der Waals surface area contributed by atoms with Crippen LogP contribution in [-0.4, -0.2) is 30.9 Å². The summed E-state index contributed by atoms with van der Waals surface area (Å²) in [6.07, 6.45) is 2.30. The van der Waals surface area contributed by atoms with Crippen LogP contribution in [0.4, 0.5) is 0 Å². The van der Waals surface area contributed by atoms with Gasteiger partial charge in [0, 0.05) is 12.1 Å². The average molecular weight is 235 g/mol. The van der Waals surface area contributed by atoms with E-state index in [1.807, 2.05) is 19.1 Å². The molecule has 0 spiro atoms. The standard InChI is InChI=1S/C14H21NO2/c1-10(9-16)15-13-6-12(7-13)11-4-3-5-14(8-11)17-2/h3-5,8,10,12-13,15-16H,6-7,9H2,1-2H3. The van der Waals surface area contributed by atoms with E-state index in [4.69, 9.17) is 9.84 Å². The minimum absolute atomic E-state index is 0.200. The summed E-state index contributed by atoms with van der Waals surface area (Å²) in [4.78, 5) is 0. The Labute approximate surface area is 103 Å². The number of nitrogens with one attached hydrogen (secondary N) is 1. The molecule has 1 saturated carbocycles. The minimum atomic E-state index is 0.200. The van der Waals surface area contributed by atoms with E-state index in [0.29, 0.717) is 12.0 Å². The van der Waals surface area contributed by atoms with Gasteiger partial charge in [-0.05, 0) is 43.4 Å². The van der Waals surface area contributed by atoms with E-state index in [2.05, 4.69) is 17.4 Å². The highest BCUT2D eigenvalue weighted by atomic mass is 16.5. The Morgan fingerprint density at radius 2 is 2.24 bits per heavy atom. The van der Waals surface area contributed by atoms with Crippen molar-refractivity contribution in [2.45, 2.75) is 37.8 Å². The molecule has 2 rings (SSSR count). The third kappa shape index (κ3) is 2.99. The van der Waals surface area contributed by atoms with Gasteiger partial charge in [-0.3, -0.25) is 0 Å². The summed E-state index contributed by atoms with van der Waals surface area (Å²) in [5, 5.41) is 12.4. The zero-order chi connectivity index (χ0) is 12.3. The topological polar surface area (TPSA) is 41.5 Å². The molecule has 3 heteroatoms. The van der Waals surface area contributed by atoms with Crippen LogP contribution in [0.5, 0.6) is 5.75 Å². The number of rotatable bonds is 5. The van der Waals surface area contributed by atoms with E-state index in [1.165, 1.54) is 5.56 Å². The van der Waals surface area contributed by atoms with Crippen LogP contribution in [0.1, 0.15) is 31.2 Å². The first kappa shape index (κ1) is 12.4. The summed E-state index contributed by atoms with van der Waals surface area (Å²) < 4.78 is 5.23. The molecule has 1 unspecified atom stereocenters. The minimum Gasteiger partial charge on any atom is -0.497 e. The number of aliphatic hydroxyl groups excluding tert-OH is 1. The molecule has 0 aliphatic heterocycles. The van der Waals surface area contributed by atoms with Crippen LogP contribution in [0.15, 0.2) is 24.3 Å². The Morgan fingerprint density at radius 3 is 2.88 bits per heavy atom. The fraction of sp³-hybridized carbons (Fsp3) is 0.571. The van der Waals surface area contributed by atoms with Crippen LogP contribution in [0.25, 0.3) is 0 Å². The van der Waals surface area contributed by atoms with Crippen LogP contribution in [-0.2, 0) is 0 Å². The van der Waals surface area contributed by atoms with Gasteiger partial charge in [-0.1, -0.05) is 12.1 Å². The van der Waals surface area contributed by atoms with E-state index < -0.39 is 0 Å². The fourth-order valence-electron chi connectivity index (χ4n) is 2.38. The lowest BCUT2D eigenvalue weighted by atomic mass is 9.75. The monoisotopic (exact) mass is 235 g/mol. The van der Waals surface area contributed by atoms with Crippen LogP contribution < -0.4 is 10.1 Å². The summed E-state index contributed by atoms with van der Waals surface area (Å²) in [7, 11) is 1.70. The van der Waals surface area contributed by atoms with E-state index in [-0.39, 0.29) is 12.6 Å². The second-order valence-electron chi connectivity index (χ2n) is 4.89. The molecule has 0 bridgehead atoms. The third-order valence-electron chi connectivity index (χ3n) is 3.50. The van der Waals surface area contributed by atoms with Gasteiger partial charge in [0.1, 0.15) is 5.75 Å². The van der Waals surface area contributed by atoms with Crippen molar-refractivity contribution in [3.8, 4) is 5.75 Å². The van der Waals surface area contributed by atoms with Crippen LogP contribution in [0, 0.1) is 0 Å². The van der Waals surface area contributed by atoms with Crippen molar-refractivity contribution in [2.24, 2.45) is 0 Å². The molecule has 1 aromatic carbocycles. The molecule has 1 atom stereocenters. The summed E-state index contributed by atoms with van der Waals surface area (Å²) in [6, 6.07) is 9.06. The van der Waals surface area contributed by atoms with Crippen LogP contribution in [0.3, 0.4) is 0 Å². The van der Waals surface area contributed by atoms with E-state index in [1.54, 1.807) is 7.11 Å². The number of benzene rings is 1. The second kappa shape index (κ2) is 5.52. The number of hydrogen-bond donors (Lipinski definition) is 2. The lowest BCUT2D eigenvalue weighted by Gasteiger charge is -2.38. The number of hydrogen-bond acceptors (Lipinski definition) is 3. The average Bonchev–Trinajstić information content (AvgIpc) is 2.32. The molecule has 1 aromatic rings. The smallest absolute Gasteiger partial charge is 0.119 e. The zero-order valence-corrected chi connectivity index (χ0v) is 10.5. The van der Waals surface area contributed by atoms with Gasteiger partial charge in [-0.15, -0.1) is 0 Å². The Bertz CT molecular complexity index is 361. The van der Waals surface area contributed by atoms with E-state index in [9.17, 15) is 0 Å². The molecule has 0 radical (unpaired) electrons. The molecule has 17 heavy (non-hydrogen) atoms. The van der Waals surface area contributed by atoms with Crippen LogP contribution >= 0.6 is 0 Å². The van der Waals surface area contributed by atoms with E-state index in [0.717, 1.165) is 18.6 Å². The Kier molecular flexibility index (Phi) is 4.02. The molecular weight excluding hydrogens is 214 g/mol. The van der Waals surface area contributed by atoms with Gasteiger partial charge in [-0.25, -0.2) is 0 Å². The highest BCUT2D eigenvalue weighted by Crippen LogP contribution is 2.38. The highest BCUT2D eigenvalue weighted by molar-refractivity contribution is 5.32. The van der Waals surface area contributed by atoms with Gasteiger partial charge in [0.25, 0.3) is 0 Å². The molecule has 1 aliphatic rings. The van der Waals surface area contributed by atoms with Gasteiger partial charge in [0.05, 0.1) is 13.7 Å². The quantitative estimate of drug-likeness (QED) is 0.819.